The highest BCUT2D eigenvalue weighted by atomic mass is 79.9. The number of nitrogens with one attached hydrogen (secondary N) is 3. The number of carboxylic acids is 1. The molecule has 0 atom stereocenters. The third-order valence-corrected chi connectivity index (χ3v) is 4.59. The molecule has 4 rings (SSSR count). The van der Waals surface area contributed by atoms with Crippen LogP contribution < -0.4 is 10.6 Å². The minimum Gasteiger partial charge on any atom is -0.477 e. The molecule has 3 aromatic heterocycles. The number of halogens is 1. The number of aromatic amines is 1. The van der Waals surface area contributed by atoms with E-state index in [-0.39, 0.29) is 5.69 Å². The Labute approximate surface area is 168 Å². The maximum Gasteiger partial charge on any atom is 0.352 e. The maximum absolute atomic E-state index is 11.1. The second kappa shape index (κ2) is 7.65. The van der Waals surface area contributed by atoms with Crippen LogP contribution in [0, 0.1) is 0 Å². The van der Waals surface area contributed by atoms with Gasteiger partial charge in [-0.1, -0.05) is 6.07 Å². The van der Waals surface area contributed by atoms with Crippen molar-refractivity contribution in [1.29, 1.82) is 0 Å². The van der Waals surface area contributed by atoms with Crippen LogP contribution in [0.5, 0.6) is 0 Å². The van der Waals surface area contributed by atoms with Crippen LogP contribution in [-0.4, -0.2) is 31.0 Å². The van der Waals surface area contributed by atoms with Crippen LogP contribution in [0.2, 0.25) is 0 Å². The van der Waals surface area contributed by atoms with Crippen LogP contribution in [0.3, 0.4) is 0 Å². The number of hydrogen-bond acceptors (Lipinski definition) is 6. The number of nitrogens with zero attached hydrogens (tertiary/aromatic N) is 3. The van der Waals surface area contributed by atoms with Gasteiger partial charge in [-0.25, -0.2) is 9.78 Å². The lowest BCUT2D eigenvalue weighted by Gasteiger charge is -2.10. The van der Waals surface area contributed by atoms with Gasteiger partial charge in [0.15, 0.2) is 0 Å². The van der Waals surface area contributed by atoms with Crippen molar-refractivity contribution < 1.29 is 9.90 Å². The lowest BCUT2D eigenvalue weighted by Crippen LogP contribution is -2.06. The van der Waals surface area contributed by atoms with Crippen LogP contribution in [0.4, 0.5) is 17.5 Å². The van der Waals surface area contributed by atoms with E-state index in [2.05, 4.69) is 46.5 Å². The summed E-state index contributed by atoms with van der Waals surface area (Å²) in [4.78, 5) is 27.0. The van der Waals surface area contributed by atoms with Crippen LogP contribution >= 0.6 is 15.9 Å². The molecule has 0 amide bonds. The van der Waals surface area contributed by atoms with Gasteiger partial charge < -0.3 is 20.7 Å². The fourth-order valence-corrected chi connectivity index (χ4v) is 3.01. The fraction of sp³-hybridized carbons (Fsp3) is 0.0526. The van der Waals surface area contributed by atoms with Gasteiger partial charge >= 0.3 is 5.97 Å². The third-order valence-electron chi connectivity index (χ3n) is 4.01. The fourth-order valence-electron chi connectivity index (χ4n) is 2.68. The van der Waals surface area contributed by atoms with Crippen molar-refractivity contribution in [3.8, 4) is 0 Å². The van der Waals surface area contributed by atoms with E-state index in [4.69, 9.17) is 5.11 Å². The van der Waals surface area contributed by atoms with Gasteiger partial charge in [-0.3, -0.25) is 4.98 Å². The van der Waals surface area contributed by atoms with Gasteiger partial charge in [0.1, 0.15) is 11.5 Å². The Morgan fingerprint density at radius 3 is 2.86 bits per heavy atom. The first-order valence-electron chi connectivity index (χ1n) is 8.38. The number of pyridine rings is 1. The standard InChI is InChI=1S/C19H15BrN6O2/c20-14-10-23-19(26-17(14)22-9-13-3-1-2-6-21-13)24-12-4-5-15-11(7-12)8-16(25-15)18(27)28/h1-8,10,25H,9H2,(H,27,28)(H2,22,23,24,26). The summed E-state index contributed by atoms with van der Waals surface area (Å²) in [5, 5.41) is 16.3. The summed E-state index contributed by atoms with van der Waals surface area (Å²) >= 11 is 3.44. The summed E-state index contributed by atoms with van der Waals surface area (Å²) < 4.78 is 0.737. The molecule has 4 aromatic rings. The Morgan fingerprint density at radius 1 is 1.18 bits per heavy atom. The van der Waals surface area contributed by atoms with Gasteiger partial charge in [-0.05, 0) is 52.3 Å². The lowest BCUT2D eigenvalue weighted by molar-refractivity contribution is 0.0691. The van der Waals surface area contributed by atoms with Gasteiger partial charge in [-0.2, -0.15) is 4.98 Å². The molecule has 0 unspecified atom stereocenters. The number of aromatic carboxylic acids is 1. The molecular formula is C19H15BrN6O2. The molecule has 28 heavy (non-hydrogen) atoms. The molecule has 9 heteroatoms. The second-order valence-corrected chi connectivity index (χ2v) is 6.83. The number of fused-ring (bicyclic) bond motifs is 1. The molecule has 3 heterocycles. The summed E-state index contributed by atoms with van der Waals surface area (Å²) in [6, 6.07) is 12.8. The first-order chi connectivity index (χ1) is 13.6. The molecule has 0 fully saturated rings. The topological polar surface area (TPSA) is 116 Å². The molecule has 0 aliphatic heterocycles. The van der Waals surface area contributed by atoms with Crippen molar-refractivity contribution in [2.24, 2.45) is 0 Å². The Morgan fingerprint density at radius 2 is 2.07 bits per heavy atom. The van der Waals surface area contributed by atoms with E-state index >= 15 is 0 Å². The van der Waals surface area contributed by atoms with Gasteiger partial charge in [0.05, 0.1) is 16.7 Å². The first kappa shape index (κ1) is 17.9. The summed E-state index contributed by atoms with van der Waals surface area (Å²) in [6.45, 7) is 0.531. The largest absolute Gasteiger partial charge is 0.477 e. The molecule has 0 saturated heterocycles. The van der Waals surface area contributed by atoms with Crippen molar-refractivity contribution in [2.45, 2.75) is 6.54 Å². The molecule has 1 aromatic carbocycles. The van der Waals surface area contributed by atoms with Crippen LogP contribution in [0.25, 0.3) is 10.9 Å². The second-order valence-electron chi connectivity index (χ2n) is 5.98. The zero-order chi connectivity index (χ0) is 19.5. The summed E-state index contributed by atoms with van der Waals surface area (Å²) in [6.07, 6.45) is 3.40. The number of anilines is 3. The van der Waals surface area contributed by atoms with Crippen LogP contribution in [0.1, 0.15) is 16.2 Å². The lowest BCUT2D eigenvalue weighted by atomic mass is 10.2. The van der Waals surface area contributed by atoms with E-state index in [1.165, 1.54) is 0 Å². The molecule has 0 saturated carbocycles. The summed E-state index contributed by atoms with van der Waals surface area (Å²) in [7, 11) is 0. The molecule has 0 aliphatic rings. The summed E-state index contributed by atoms with van der Waals surface area (Å²) in [5.41, 5.74) is 2.54. The van der Waals surface area contributed by atoms with Crippen LogP contribution in [-0.2, 0) is 6.54 Å². The monoisotopic (exact) mass is 438 g/mol. The van der Waals surface area contributed by atoms with E-state index in [1.807, 2.05) is 36.4 Å². The highest BCUT2D eigenvalue weighted by Gasteiger charge is 2.09. The van der Waals surface area contributed by atoms with Gasteiger partial charge in [0.25, 0.3) is 0 Å². The van der Waals surface area contributed by atoms with Crippen molar-refractivity contribution in [3.05, 3.63) is 70.7 Å². The van der Waals surface area contributed by atoms with Crippen LogP contribution in [0.15, 0.2) is 59.3 Å². The number of benzene rings is 1. The quantitative estimate of drug-likeness (QED) is 0.356. The molecule has 0 radical (unpaired) electrons. The Bertz CT molecular complexity index is 1150. The van der Waals surface area contributed by atoms with E-state index in [9.17, 15) is 4.79 Å². The number of hydrogen-bond donors (Lipinski definition) is 4. The molecule has 0 aliphatic carbocycles. The van der Waals surface area contributed by atoms with E-state index in [0.29, 0.717) is 18.3 Å². The van der Waals surface area contributed by atoms with Gasteiger partial charge in [0.2, 0.25) is 5.95 Å². The summed E-state index contributed by atoms with van der Waals surface area (Å²) in [5.74, 6) is 0.0599. The van der Waals surface area contributed by atoms with E-state index < -0.39 is 5.97 Å². The predicted molar refractivity (Wildman–Crippen MR) is 110 cm³/mol. The Kier molecular flexibility index (Phi) is 4.90. The average Bonchev–Trinajstić information content (AvgIpc) is 3.13. The van der Waals surface area contributed by atoms with Crippen molar-refractivity contribution in [3.63, 3.8) is 0 Å². The molecule has 4 N–H and O–H groups in total. The number of carboxylic acid groups (broad SMARTS) is 1. The molecule has 8 nitrogen and oxygen atoms in total. The predicted octanol–water partition coefficient (Wildman–Crippen LogP) is 4.17. The number of carbonyl (C=O) groups is 1. The average molecular weight is 439 g/mol. The van der Waals surface area contributed by atoms with Crippen molar-refractivity contribution in [2.75, 3.05) is 10.6 Å². The highest BCUT2D eigenvalue weighted by molar-refractivity contribution is 9.10. The smallest absolute Gasteiger partial charge is 0.352 e. The molecule has 0 spiro atoms. The Balaban J connectivity index is 1.53. The zero-order valence-corrected chi connectivity index (χ0v) is 16.1. The Hall–Kier alpha value is -3.46. The van der Waals surface area contributed by atoms with Gasteiger partial charge in [-0.15, -0.1) is 0 Å². The molecule has 0 bridgehead atoms. The minimum absolute atomic E-state index is 0.146. The number of aromatic nitrogens is 4. The molecule has 140 valence electrons. The number of H-pyrrole nitrogens is 1. The highest BCUT2D eigenvalue weighted by Crippen LogP contribution is 2.25. The van der Waals surface area contributed by atoms with Gasteiger partial charge in [0, 0.05) is 29.0 Å². The first-order valence-corrected chi connectivity index (χ1v) is 9.17. The minimum atomic E-state index is -0.995. The van der Waals surface area contributed by atoms with E-state index in [0.717, 1.165) is 26.8 Å². The normalized spacial score (nSPS) is 10.8. The van der Waals surface area contributed by atoms with E-state index in [1.54, 1.807) is 18.5 Å². The number of rotatable bonds is 6. The molecular weight excluding hydrogens is 424 g/mol. The van der Waals surface area contributed by atoms with Crippen molar-refractivity contribution in [1.82, 2.24) is 19.9 Å². The third kappa shape index (κ3) is 3.94. The SMILES string of the molecule is O=C(O)c1cc2cc(Nc3ncc(Br)c(NCc4ccccn4)n3)ccc2[nH]1. The maximum atomic E-state index is 11.1. The van der Waals surface area contributed by atoms with Crippen molar-refractivity contribution >= 4 is 50.3 Å². The zero-order valence-electron chi connectivity index (χ0n) is 14.5.